The zero-order valence-corrected chi connectivity index (χ0v) is 14.6. The van der Waals surface area contributed by atoms with E-state index in [1.807, 2.05) is 30.3 Å². The van der Waals surface area contributed by atoms with Crippen LogP contribution in [0.2, 0.25) is 0 Å². The summed E-state index contributed by atoms with van der Waals surface area (Å²) in [6.45, 7) is 0.294. The smallest absolute Gasteiger partial charge is 0.407 e. The molecule has 3 aliphatic rings. The molecule has 25 heavy (non-hydrogen) atoms. The predicted octanol–water partition coefficient (Wildman–Crippen LogP) is 3.03. The summed E-state index contributed by atoms with van der Waals surface area (Å²) in [6.07, 6.45) is 7.23. The first-order valence-electron chi connectivity index (χ1n) is 9.63. The van der Waals surface area contributed by atoms with E-state index in [0.717, 1.165) is 18.4 Å². The van der Waals surface area contributed by atoms with Crippen LogP contribution >= 0.6 is 0 Å². The van der Waals surface area contributed by atoms with Crippen LogP contribution in [0.15, 0.2) is 30.3 Å². The highest BCUT2D eigenvalue weighted by molar-refractivity contribution is 5.67. The summed E-state index contributed by atoms with van der Waals surface area (Å²) in [6, 6.07) is 11.0. The highest BCUT2D eigenvalue weighted by Crippen LogP contribution is 2.41. The van der Waals surface area contributed by atoms with Crippen LogP contribution in [-0.2, 0) is 11.3 Å². The van der Waals surface area contributed by atoms with E-state index in [2.05, 4.69) is 10.2 Å². The maximum atomic E-state index is 11.9. The summed E-state index contributed by atoms with van der Waals surface area (Å²) in [4.78, 5) is 14.3. The van der Waals surface area contributed by atoms with Crippen LogP contribution < -0.4 is 5.32 Å². The van der Waals surface area contributed by atoms with Crippen LogP contribution in [0.5, 0.6) is 0 Å². The number of aliphatic hydroxyl groups is 1. The maximum absolute atomic E-state index is 11.9. The first-order chi connectivity index (χ1) is 12.2. The number of hydrogen-bond acceptors (Lipinski definition) is 4. The molecule has 0 aromatic heterocycles. The minimum atomic E-state index is -0.361. The molecule has 136 valence electrons. The van der Waals surface area contributed by atoms with Gasteiger partial charge in [-0.1, -0.05) is 36.8 Å². The summed E-state index contributed by atoms with van der Waals surface area (Å²) in [5.74, 6) is 0.278. The SMILES string of the molecule is O=C(NC1CC(C(O)N2C3CCCC2CC3)C1)OCc1ccccc1. The lowest BCUT2D eigenvalue weighted by molar-refractivity contribution is -0.106. The lowest BCUT2D eigenvalue weighted by atomic mass is 9.78. The van der Waals surface area contributed by atoms with Gasteiger partial charge in [-0.15, -0.1) is 0 Å². The van der Waals surface area contributed by atoms with Gasteiger partial charge in [0.2, 0.25) is 0 Å². The topological polar surface area (TPSA) is 61.8 Å². The van der Waals surface area contributed by atoms with Crippen LogP contribution in [0.1, 0.15) is 50.5 Å². The second-order valence-corrected chi connectivity index (χ2v) is 7.81. The zero-order chi connectivity index (χ0) is 17.2. The minimum absolute atomic E-state index is 0.130. The van der Waals surface area contributed by atoms with Gasteiger partial charge in [-0.05, 0) is 44.1 Å². The van der Waals surface area contributed by atoms with Gasteiger partial charge in [0, 0.05) is 24.0 Å². The summed E-state index contributed by atoms with van der Waals surface area (Å²) >= 11 is 0. The molecule has 0 spiro atoms. The number of aliphatic hydroxyl groups excluding tert-OH is 1. The fourth-order valence-corrected chi connectivity index (χ4v) is 4.79. The maximum Gasteiger partial charge on any atom is 0.407 e. The molecule has 2 heterocycles. The molecule has 2 aliphatic heterocycles. The van der Waals surface area contributed by atoms with Crippen molar-refractivity contribution in [3.05, 3.63) is 35.9 Å². The number of hydrogen-bond donors (Lipinski definition) is 2. The molecule has 2 N–H and O–H groups in total. The fourth-order valence-electron chi connectivity index (χ4n) is 4.79. The van der Waals surface area contributed by atoms with E-state index < -0.39 is 0 Å². The van der Waals surface area contributed by atoms with E-state index in [9.17, 15) is 9.90 Å². The predicted molar refractivity (Wildman–Crippen MR) is 94.8 cm³/mol. The van der Waals surface area contributed by atoms with E-state index in [0.29, 0.717) is 18.7 Å². The molecule has 1 saturated carbocycles. The highest BCUT2D eigenvalue weighted by Gasteiger charge is 2.45. The van der Waals surface area contributed by atoms with Crippen molar-refractivity contribution in [2.45, 2.75) is 75.9 Å². The molecule has 5 heteroatoms. The molecule has 3 fully saturated rings. The Morgan fingerprint density at radius 3 is 2.52 bits per heavy atom. The molecule has 1 aromatic carbocycles. The number of nitrogens with zero attached hydrogens (tertiary/aromatic N) is 1. The summed E-state index contributed by atoms with van der Waals surface area (Å²) in [5.41, 5.74) is 0.986. The van der Waals surface area contributed by atoms with Crippen LogP contribution in [0.3, 0.4) is 0 Å². The number of rotatable bonds is 5. The molecule has 2 saturated heterocycles. The van der Waals surface area contributed by atoms with E-state index in [-0.39, 0.29) is 24.3 Å². The molecule has 4 rings (SSSR count). The third kappa shape index (κ3) is 3.67. The van der Waals surface area contributed by atoms with Crippen LogP contribution in [0, 0.1) is 5.92 Å². The van der Waals surface area contributed by atoms with Gasteiger partial charge in [0.15, 0.2) is 0 Å². The van der Waals surface area contributed by atoms with E-state index in [1.54, 1.807) is 0 Å². The van der Waals surface area contributed by atoms with Crippen LogP contribution in [0.4, 0.5) is 4.79 Å². The van der Waals surface area contributed by atoms with Crippen LogP contribution in [0.25, 0.3) is 0 Å². The second-order valence-electron chi connectivity index (χ2n) is 7.81. The van der Waals surface area contributed by atoms with Crippen molar-refractivity contribution in [3.63, 3.8) is 0 Å². The largest absolute Gasteiger partial charge is 0.445 e. The van der Waals surface area contributed by atoms with E-state index in [1.165, 1.54) is 32.1 Å². The lowest BCUT2D eigenvalue weighted by Crippen LogP contribution is -2.56. The Hall–Kier alpha value is -1.59. The average molecular weight is 344 g/mol. The number of amides is 1. The molecule has 5 nitrogen and oxygen atoms in total. The standard InChI is InChI=1S/C20H28N2O3/c23-19(22-17-7-4-8-18(22)10-9-17)15-11-16(12-15)21-20(24)25-13-14-5-2-1-3-6-14/h1-3,5-6,15-19,23H,4,7-13H2,(H,21,24). The summed E-state index contributed by atoms with van der Waals surface area (Å²) in [7, 11) is 0. The monoisotopic (exact) mass is 344 g/mol. The van der Waals surface area contributed by atoms with Gasteiger partial charge in [0.25, 0.3) is 0 Å². The van der Waals surface area contributed by atoms with Crippen molar-refractivity contribution >= 4 is 6.09 Å². The fraction of sp³-hybridized carbons (Fsp3) is 0.650. The second kappa shape index (κ2) is 7.34. The Kier molecular flexibility index (Phi) is 4.95. The van der Waals surface area contributed by atoms with E-state index in [4.69, 9.17) is 4.74 Å². The molecule has 1 aliphatic carbocycles. The van der Waals surface area contributed by atoms with Crippen molar-refractivity contribution in [1.29, 1.82) is 0 Å². The van der Waals surface area contributed by atoms with Crippen LogP contribution in [-0.4, -0.2) is 40.5 Å². The van der Waals surface area contributed by atoms with Gasteiger partial charge in [0.1, 0.15) is 12.8 Å². The van der Waals surface area contributed by atoms with Crippen molar-refractivity contribution in [1.82, 2.24) is 10.2 Å². The molecule has 1 amide bonds. The van der Waals surface area contributed by atoms with Crippen molar-refractivity contribution in [2.75, 3.05) is 0 Å². The third-order valence-electron chi connectivity index (χ3n) is 6.19. The molecule has 3 atom stereocenters. The molecule has 3 unspecified atom stereocenters. The van der Waals surface area contributed by atoms with Gasteiger partial charge < -0.3 is 15.2 Å². The number of benzene rings is 1. The molecular formula is C20H28N2O3. The molecule has 1 aromatic rings. The normalized spacial score (nSPS) is 32.7. The van der Waals surface area contributed by atoms with Gasteiger partial charge in [-0.3, -0.25) is 4.90 Å². The molecular weight excluding hydrogens is 316 g/mol. The Morgan fingerprint density at radius 1 is 1.16 bits per heavy atom. The van der Waals surface area contributed by atoms with Crippen molar-refractivity contribution in [3.8, 4) is 0 Å². The summed E-state index contributed by atoms with van der Waals surface area (Å²) in [5, 5.41) is 13.7. The highest BCUT2D eigenvalue weighted by atomic mass is 16.5. The van der Waals surface area contributed by atoms with E-state index >= 15 is 0 Å². The number of carbonyl (C=O) groups excluding carboxylic acids is 1. The van der Waals surface area contributed by atoms with Gasteiger partial charge in [0.05, 0.1) is 0 Å². The Bertz CT molecular complexity index is 572. The number of nitrogens with one attached hydrogen (secondary N) is 1. The molecule has 2 bridgehead atoms. The Morgan fingerprint density at radius 2 is 1.84 bits per heavy atom. The zero-order valence-electron chi connectivity index (χ0n) is 14.6. The Balaban J connectivity index is 1.19. The first kappa shape index (κ1) is 16.9. The quantitative estimate of drug-likeness (QED) is 0.862. The summed E-state index contributed by atoms with van der Waals surface area (Å²) < 4.78 is 5.27. The Labute approximate surface area is 149 Å². The minimum Gasteiger partial charge on any atom is -0.445 e. The molecule has 0 radical (unpaired) electrons. The average Bonchev–Trinajstić information content (AvgIpc) is 2.85. The number of piperidine rings is 1. The van der Waals surface area contributed by atoms with Crippen molar-refractivity contribution in [2.24, 2.45) is 5.92 Å². The number of alkyl carbamates (subject to hydrolysis) is 1. The van der Waals surface area contributed by atoms with Gasteiger partial charge in [-0.2, -0.15) is 0 Å². The van der Waals surface area contributed by atoms with Crippen molar-refractivity contribution < 1.29 is 14.6 Å². The first-order valence-corrected chi connectivity index (χ1v) is 9.63. The lowest BCUT2D eigenvalue weighted by Gasteiger charge is -2.46. The third-order valence-corrected chi connectivity index (χ3v) is 6.19. The van der Waals surface area contributed by atoms with Gasteiger partial charge >= 0.3 is 6.09 Å². The number of carbonyl (C=O) groups is 1. The number of fused-ring (bicyclic) bond motifs is 2. The van der Waals surface area contributed by atoms with Gasteiger partial charge in [-0.25, -0.2) is 4.79 Å². The number of ether oxygens (including phenoxy) is 1.